The second kappa shape index (κ2) is 12.7. The van der Waals surface area contributed by atoms with Crippen LogP contribution >= 0.6 is 24.0 Å². The lowest BCUT2D eigenvalue weighted by molar-refractivity contribution is 0.221. The van der Waals surface area contributed by atoms with Crippen LogP contribution in [0.25, 0.3) is 5.69 Å². The molecule has 0 saturated carbocycles. The zero-order chi connectivity index (χ0) is 22.2. The van der Waals surface area contributed by atoms with Gasteiger partial charge in [-0.25, -0.2) is 9.37 Å². The first-order chi connectivity index (χ1) is 15.7. The Balaban J connectivity index is 0.00000306. The first-order valence-electron chi connectivity index (χ1n) is 11.2. The summed E-state index contributed by atoms with van der Waals surface area (Å²) in [6.07, 6.45) is 8.94. The van der Waals surface area contributed by atoms with Crippen LogP contribution in [0, 0.1) is 5.82 Å². The number of likely N-dealkylation sites (tertiary alicyclic amines) is 1. The smallest absolute Gasteiger partial charge is 0.191 e. The van der Waals surface area contributed by atoms with Crippen LogP contribution in [-0.4, -0.2) is 40.5 Å². The molecule has 4 rings (SSSR count). The number of nitrogens with zero attached hydrogens (tertiary/aromatic N) is 4. The fourth-order valence-electron chi connectivity index (χ4n) is 4.00. The van der Waals surface area contributed by atoms with E-state index >= 15 is 0 Å². The molecule has 8 heteroatoms. The first-order valence-corrected chi connectivity index (χ1v) is 11.2. The van der Waals surface area contributed by atoms with Crippen LogP contribution in [0.5, 0.6) is 0 Å². The van der Waals surface area contributed by atoms with Crippen LogP contribution in [0.2, 0.25) is 0 Å². The van der Waals surface area contributed by atoms with E-state index < -0.39 is 0 Å². The minimum Gasteiger partial charge on any atom is -0.352 e. The van der Waals surface area contributed by atoms with Crippen LogP contribution in [0.1, 0.15) is 36.0 Å². The maximum Gasteiger partial charge on any atom is 0.191 e. The standard InChI is InChI=1S/C25H31FN6.HI/c1-27-25(30-17-22-9-10-24(23(26)15-22)32-14-11-28-19-32)29-16-20-5-7-21(8-6-20)18-31-12-3-2-4-13-31;/h5-11,14-15,19H,2-4,12-13,16-18H2,1H3,(H2,27,29,30);1H. The normalized spacial score (nSPS) is 14.5. The Hall–Kier alpha value is -2.46. The number of imidazole rings is 1. The van der Waals surface area contributed by atoms with E-state index in [1.807, 2.05) is 6.07 Å². The number of guanidine groups is 1. The van der Waals surface area contributed by atoms with Gasteiger partial charge in [0.25, 0.3) is 0 Å². The van der Waals surface area contributed by atoms with Gasteiger partial charge in [-0.1, -0.05) is 36.8 Å². The van der Waals surface area contributed by atoms with E-state index in [9.17, 15) is 4.39 Å². The van der Waals surface area contributed by atoms with Crippen molar-refractivity contribution < 1.29 is 4.39 Å². The predicted octanol–water partition coefficient (Wildman–Crippen LogP) is 4.48. The van der Waals surface area contributed by atoms with Crippen LogP contribution in [-0.2, 0) is 19.6 Å². The highest BCUT2D eigenvalue weighted by Gasteiger charge is 2.10. The SMILES string of the molecule is CN=C(NCc1ccc(CN2CCCCC2)cc1)NCc1ccc(-n2ccnc2)c(F)c1.I. The Morgan fingerprint density at radius 2 is 1.64 bits per heavy atom. The predicted molar refractivity (Wildman–Crippen MR) is 142 cm³/mol. The summed E-state index contributed by atoms with van der Waals surface area (Å²) in [7, 11) is 1.74. The summed E-state index contributed by atoms with van der Waals surface area (Å²) < 4.78 is 16.1. The number of hydrogen-bond acceptors (Lipinski definition) is 3. The third-order valence-corrected chi connectivity index (χ3v) is 5.82. The van der Waals surface area contributed by atoms with Gasteiger partial charge in [-0.3, -0.25) is 9.89 Å². The molecule has 2 N–H and O–H groups in total. The lowest BCUT2D eigenvalue weighted by atomic mass is 10.1. The van der Waals surface area contributed by atoms with Gasteiger partial charge in [0.1, 0.15) is 5.82 Å². The van der Waals surface area contributed by atoms with Crippen LogP contribution in [0.15, 0.2) is 66.2 Å². The molecule has 1 aliphatic rings. The van der Waals surface area contributed by atoms with Crippen molar-refractivity contribution in [2.24, 2.45) is 4.99 Å². The minimum absolute atomic E-state index is 0. The number of nitrogens with one attached hydrogen (secondary N) is 2. The molecule has 3 aromatic rings. The Kier molecular flexibility index (Phi) is 9.68. The molecule has 1 aliphatic heterocycles. The molecule has 1 fully saturated rings. The van der Waals surface area contributed by atoms with Crippen molar-refractivity contribution in [2.45, 2.75) is 38.9 Å². The van der Waals surface area contributed by atoms with Crippen molar-refractivity contribution in [1.82, 2.24) is 25.1 Å². The van der Waals surface area contributed by atoms with Gasteiger partial charge >= 0.3 is 0 Å². The maximum atomic E-state index is 14.4. The van der Waals surface area contributed by atoms with E-state index in [1.54, 1.807) is 36.4 Å². The lowest BCUT2D eigenvalue weighted by Gasteiger charge is -2.26. The van der Waals surface area contributed by atoms with Crippen molar-refractivity contribution in [3.63, 3.8) is 0 Å². The lowest BCUT2D eigenvalue weighted by Crippen LogP contribution is -2.36. The van der Waals surface area contributed by atoms with E-state index in [4.69, 9.17) is 0 Å². The van der Waals surface area contributed by atoms with Gasteiger partial charge in [-0.15, -0.1) is 24.0 Å². The van der Waals surface area contributed by atoms with Gasteiger partial charge in [0, 0.05) is 39.1 Å². The van der Waals surface area contributed by atoms with Gasteiger partial charge < -0.3 is 15.2 Å². The zero-order valence-electron chi connectivity index (χ0n) is 19.0. The number of halogens is 2. The highest BCUT2D eigenvalue weighted by atomic mass is 127. The van der Waals surface area contributed by atoms with Crippen LogP contribution in [0.3, 0.4) is 0 Å². The molecule has 176 valence electrons. The second-order valence-electron chi connectivity index (χ2n) is 8.19. The molecule has 1 saturated heterocycles. The number of aliphatic imine (C=N–C) groups is 1. The minimum atomic E-state index is -0.283. The summed E-state index contributed by atoms with van der Waals surface area (Å²) in [5, 5.41) is 6.58. The van der Waals surface area contributed by atoms with Crippen molar-refractivity contribution in [2.75, 3.05) is 20.1 Å². The van der Waals surface area contributed by atoms with E-state index in [-0.39, 0.29) is 29.8 Å². The molecule has 0 radical (unpaired) electrons. The van der Waals surface area contributed by atoms with E-state index in [0.29, 0.717) is 24.7 Å². The number of piperidine rings is 1. The van der Waals surface area contributed by atoms with E-state index in [2.05, 4.69) is 49.8 Å². The number of hydrogen-bond donors (Lipinski definition) is 2. The van der Waals surface area contributed by atoms with E-state index in [0.717, 1.165) is 12.1 Å². The molecule has 0 spiro atoms. The fraction of sp³-hybridized carbons (Fsp3) is 0.360. The highest BCUT2D eigenvalue weighted by molar-refractivity contribution is 14.0. The molecule has 33 heavy (non-hydrogen) atoms. The summed E-state index contributed by atoms with van der Waals surface area (Å²) in [5.41, 5.74) is 3.89. The molecule has 0 amide bonds. The maximum absolute atomic E-state index is 14.4. The van der Waals surface area contributed by atoms with Crippen molar-refractivity contribution in [3.8, 4) is 5.69 Å². The fourth-order valence-corrected chi connectivity index (χ4v) is 4.00. The summed E-state index contributed by atoms with van der Waals surface area (Å²) in [5.74, 6) is 0.399. The summed E-state index contributed by atoms with van der Waals surface area (Å²) in [6.45, 7) is 4.61. The molecular weight excluding hydrogens is 530 g/mol. The Morgan fingerprint density at radius 1 is 0.970 bits per heavy atom. The van der Waals surface area contributed by atoms with E-state index in [1.165, 1.54) is 49.5 Å². The third kappa shape index (κ3) is 7.26. The quantitative estimate of drug-likeness (QED) is 0.254. The van der Waals surface area contributed by atoms with Gasteiger partial charge in [0.2, 0.25) is 0 Å². The Bertz CT molecular complexity index is 1010. The molecule has 2 heterocycles. The topological polar surface area (TPSA) is 57.5 Å². The summed E-state index contributed by atoms with van der Waals surface area (Å²) in [4.78, 5) is 10.8. The Morgan fingerprint density at radius 3 is 2.27 bits per heavy atom. The van der Waals surface area contributed by atoms with Crippen LogP contribution in [0.4, 0.5) is 4.39 Å². The molecule has 2 aromatic carbocycles. The number of benzene rings is 2. The van der Waals surface area contributed by atoms with Crippen LogP contribution < -0.4 is 10.6 Å². The van der Waals surface area contributed by atoms with Gasteiger partial charge in [0.05, 0.1) is 12.0 Å². The van der Waals surface area contributed by atoms with Gasteiger partial charge in [-0.2, -0.15) is 0 Å². The number of aromatic nitrogens is 2. The molecule has 0 atom stereocenters. The number of rotatable bonds is 7. The average Bonchev–Trinajstić information content (AvgIpc) is 3.36. The Labute approximate surface area is 212 Å². The highest BCUT2D eigenvalue weighted by Crippen LogP contribution is 2.15. The first kappa shape index (κ1) is 25.2. The molecule has 0 bridgehead atoms. The zero-order valence-corrected chi connectivity index (χ0v) is 21.3. The molecule has 1 aromatic heterocycles. The third-order valence-electron chi connectivity index (χ3n) is 5.82. The van der Waals surface area contributed by atoms with Gasteiger partial charge in [-0.05, 0) is 54.8 Å². The second-order valence-corrected chi connectivity index (χ2v) is 8.19. The molecule has 0 aliphatic carbocycles. The van der Waals surface area contributed by atoms with Crippen molar-refractivity contribution >= 4 is 29.9 Å². The summed E-state index contributed by atoms with van der Waals surface area (Å²) >= 11 is 0. The van der Waals surface area contributed by atoms with Gasteiger partial charge in [0.15, 0.2) is 5.96 Å². The largest absolute Gasteiger partial charge is 0.352 e. The molecular formula is C25H32FIN6. The monoisotopic (exact) mass is 562 g/mol. The molecule has 0 unspecified atom stereocenters. The average molecular weight is 562 g/mol. The van der Waals surface area contributed by atoms with Crippen molar-refractivity contribution in [1.29, 1.82) is 0 Å². The summed E-state index contributed by atoms with van der Waals surface area (Å²) in [6, 6.07) is 14.0. The van der Waals surface area contributed by atoms with Crippen molar-refractivity contribution in [3.05, 3.63) is 83.7 Å². The molecule has 6 nitrogen and oxygen atoms in total.